The molecule has 8 atom stereocenters. The van der Waals surface area contributed by atoms with Crippen LogP contribution in [-0.2, 0) is 28.7 Å². The molecule has 14 heteroatoms. The fourth-order valence-electron chi connectivity index (χ4n) is 12.0. The molecule has 3 saturated carbocycles. The van der Waals surface area contributed by atoms with Crippen LogP contribution < -0.4 is 26.0 Å². The van der Waals surface area contributed by atoms with Gasteiger partial charge in [-0.3, -0.25) is 39.0 Å². The first-order valence-electron chi connectivity index (χ1n) is 22.2. The molecule has 3 aromatic carbocycles. The van der Waals surface area contributed by atoms with Gasteiger partial charge >= 0.3 is 0 Å². The van der Waals surface area contributed by atoms with E-state index in [2.05, 4.69) is 41.2 Å². The number of ether oxygens (including phenoxy) is 3. The third-order valence-electron chi connectivity index (χ3n) is 15.0. The Hall–Kier alpha value is -5.60. The van der Waals surface area contributed by atoms with Crippen molar-refractivity contribution in [1.82, 2.24) is 15.5 Å². The number of fused-ring (bicyclic) bond motifs is 7. The summed E-state index contributed by atoms with van der Waals surface area (Å²) in [6.07, 6.45) is 10.2. The normalized spacial score (nSPS) is 30.0. The van der Waals surface area contributed by atoms with E-state index in [1.54, 1.807) is 24.3 Å². The summed E-state index contributed by atoms with van der Waals surface area (Å²) >= 11 is 0. The zero-order valence-corrected chi connectivity index (χ0v) is 35.3. The maximum atomic E-state index is 14.2. The lowest BCUT2D eigenvalue weighted by atomic mass is 9.48. The van der Waals surface area contributed by atoms with E-state index in [1.165, 1.54) is 0 Å². The van der Waals surface area contributed by atoms with Gasteiger partial charge in [-0.05, 0) is 98.5 Å². The number of rotatable bonds is 14. The van der Waals surface area contributed by atoms with Gasteiger partial charge in [-0.1, -0.05) is 50.3 Å². The quantitative estimate of drug-likeness (QED) is 0.118. The maximum Gasteiger partial charge on any atom is 0.264 e. The minimum Gasteiger partial charge on any atom is -0.491 e. The van der Waals surface area contributed by atoms with Gasteiger partial charge in [-0.25, -0.2) is 0 Å². The van der Waals surface area contributed by atoms with E-state index in [4.69, 9.17) is 14.2 Å². The molecule has 3 aliphatic carbocycles. The molecule has 6 aliphatic rings. The number of carbonyl (C=O) groups is 6. The summed E-state index contributed by atoms with van der Waals surface area (Å²) in [7, 11) is 0. The summed E-state index contributed by atoms with van der Waals surface area (Å²) in [5.41, 5.74) is 1.58. The van der Waals surface area contributed by atoms with Crippen LogP contribution in [0.3, 0.4) is 0 Å². The Kier molecular flexibility index (Phi) is 11.4. The third-order valence-corrected chi connectivity index (χ3v) is 15.0. The average molecular weight is 846 g/mol. The minimum absolute atomic E-state index is 0.0207. The summed E-state index contributed by atoms with van der Waals surface area (Å²) in [5, 5.41) is 13.8. The lowest BCUT2D eigenvalue weighted by Gasteiger charge is -2.58. The predicted molar refractivity (Wildman–Crippen MR) is 230 cm³/mol. The van der Waals surface area contributed by atoms with E-state index in [0.717, 1.165) is 59.9 Å². The largest absolute Gasteiger partial charge is 0.491 e. The van der Waals surface area contributed by atoms with Gasteiger partial charge in [0.1, 0.15) is 18.4 Å². The van der Waals surface area contributed by atoms with Gasteiger partial charge in [0.15, 0.2) is 0 Å². The second kappa shape index (κ2) is 16.9. The van der Waals surface area contributed by atoms with Crippen LogP contribution in [0.4, 0.5) is 11.4 Å². The third kappa shape index (κ3) is 7.44. The first-order chi connectivity index (χ1) is 30.0. The molecule has 4 fully saturated rings. The molecule has 3 aliphatic heterocycles. The summed E-state index contributed by atoms with van der Waals surface area (Å²) in [5.74, 6) is 0.136. The average Bonchev–Trinajstić information content (AvgIpc) is 3.75. The molecule has 0 spiro atoms. The molecule has 3 heterocycles. The molecule has 14 nitrogen and oxygen atoms in total. The van der Waals surface area contributed by atoms with Gasteiger partial charge in [0.05, 0.1) is 37.6 Å². The van der Waals surface area contributed by atoms with Crippen molar-refractivity contribution in [3.63, 3.8) is 0 Å². The molecule has 1 unspecified atom stereocenters. The Labute approximate surface area is 360 Å². The van der Waals surface area contributed by atoms with Crippen LogP contribution in [0, 0.1) is 34.5 Å². The summed E-state index contributed by atoms with van der Waals surface area (Å²) in [4.78, 5) is 77.7. The maximum absolute atomic E-state index is 14.2. The number of nitrogens with one attached hydrogen (secondary N) is 4. The van der Waals surface area contributed by atoms with Gasteiger partial charge in [-0.2, -0.15) is 0 Å². The second-order valence-corrected chi connectivity index (χ2v) is 18.2. The van der Waals surface area contributed by atoms with Gasteiger partial charge in [0.25, 0.3) is 11.8 Å². The predicted octanol–water partition coefficient (Wildman–Crippen LogP) is 5.62. The number of amides is 6. The molecular weight excluding hydrogens is 791 g/mol. The van der Waals surface area contributed by atoms with Crippen molar-refractivity contribution < 1.29 is 43.0 Å². The van der Waals surface area contributed by atoms with Crippen molar-refractivity contribution in [1.29, 1.82) is 0 Å². The van der Waals surface area contributed by atoms with Crippen LogP contribution in [0.15, 0.2) is 66.7 Å². The van der Waals surface area contributed by atoms with Gasteiger partial charge < -0.3 is 30.2 Å². The van der Waals surface area contributed by atoms with E-state index in [9.17, 15) is 28.8 Å². The molecule has 0 bridgehead atoms. The molecule has 1 saturated heterocycles. The van der Waals surface area contributed by atoms with Gasteiger partial charge in [0, 0.05) is 52.5 Å². The van der Waals surface area contributed by atoms with E-state index in [1.807, 2.05) is 36.4 Å². The topological polar surface area (TPSA) is 181 Å². The molecule has 4 N–H and O–H groups in total. The lowest BCUT2D eigenvalue weighted by Crippen LogP contribution is -2.59. The number of piperidine rings is 1. The minimum atomic E-state index is -1.02. The zero-order chi connectivity index (χ0) is 43.2. The van der Waals surface area contributed by atoms with Crippen LogP contribution in [-0.4, -0.2) is 92.0 Å². The Morgan fingerprint density at radius 3 is 2.39 bits per heavy atom. The number of hydrogen-bond donors (Lipinski definition) is 4. The summed E-state index contributed by atoms with van der Waals surface area (Å²) in [6, 6.07) is 15.9. The smallest absolute Gasteiger partial charge is 0.264 e. The van der Waals surface area contributed by atoms with E-state index >= 15 is 0 Å². The number of anilines is 2. The molecule has 62 heavy (non-hydrogen) atoms. The highest BCUT2D eigenvalue weighted by Gasteiger charge is 2.61. The summed E-state index contributed by atoms with van der Waals surface area (Å²) < 4.78 is 17.7. The Bertz CT molecular complexity index is 2350. The highest BCUT2D eigenvalue weighted by atomic mass is 16.5. The highest BCUT2D eigenvalue weighted by Crippen LogP contribution is 2.65. The number of imide groups is 2. The molecule has 3 aromatic rings. The first-order valence-corrected chi connectivity index (χ1v) is 22.2. The monoisotopic (exact) mass is 845 g/mol. The van der Waals surface area contributed by atoms with Crippen molar-refractivity contribution in [2.45, 2.75) is 77.3 Å². The molecule has 0 radical (unpaired) electrons. The van der Waals surface area contributed by atoms with E-state index in [0.29, 0.717) is 68.8 Å². The van der Waals surface area contributed by atoms with Crippen LogP contribution >= 0.6 is 0 Å². The fourth-order valence-corrected chi connectivity index (χ4v) is 12.0. The lowest BCUT2D eigenvalue weighted by molar-refractivity contribution is -0.136. The molecular formula is C48H55N5O9. The van der Waals surface area contributed by atoms with Crippen LogP contribution in [0.5, 0.6) is 5.75 Å². The fraction of sp³-hybridized carbons (Fsp3) is 0.500. The van der Waals surface area contributed by atoms with E-state index in [-0.39, 0.29) is 58.6 Å². The zero-order valence-electron chi connectivity index (χ0n) is 35.3. The number of benzene rings is 3. The van der Waals surface area contributed by atoms with Gasteiger partial charge in [-0.15, -0.1) is 0 Å². The summed E-state index contributed by atoms with van der Waals surface area (Å²) in [6.45, 7) is 6.72. The molecule has 9 rings (SSSR count). The van der Waals surface area contributed by atoms with Gasteiger partial charge in [0.2, 0.25) is 23.6 Å². The van der Waals surface area contributed by atoms with Crippen molar-refractivity contribution in [3.05, 3.63) is 77.9 Å². The second-order valence-electron chi connectivity index (χ2n) is 18.2. The standard InChI is InChI=1S/C48H55N5O9/c1-47-20-18-33-30(12-16-39-48(33,2)21-19-41(55)51-39)32(47)13-14-34(47)43(56)50-35-9-3-7-29-28(35)6-5-11-38(29)62-27-26-61-25-24-60-23-22-49-36-10-4-8-31-42(36)46(59)53(45(31)58)37-15-17-40(54)52-44(37)57/h3-11,19,21,30,32-34,37,39,49H,12-18,20,22-27H2,1-2H3,(H,50,56)(H,51,55)(H,52,54,57)/t30-,32-,33-,34+,37?,39+,47-,48+/m0/s1. The Morgan fingerprint density at radius 2 is 1.55 bits per heavy atom. The first kappa shape index (κ1) is 41.7. The Balaban J connectivity index is 0.720. The van der Waals surface area contributed by atoms with Crippen LogP contribution in [0.2, 0.25) is 0 Å². The highest BCUT2D eigenvalue weighted by molar-refractivity contribution is 6.25. The SMILES string of the molecule is C[C@]12C=CC(=O)N[C@@H]1CC[C@@H]1[C@@H]2CC[C@]2(C)[C@@H](C(=O)Nc3cccc4c(OCCOCCOCCNc5cccc6c5C(=O)N(C5CCC(=O)NC5=O)C6=O)cccc34)CC[C@@H]12. The van der Waals surface area contributed by atoms with Crippen molar-refractivity contribution >= 4 is 57.6 Å². The van der Waals surface area contributed by atoms with Crippen molar-refractivity contribution in [2.75, 3.05) is 50.2 Å². The van der Waals surface area contributed by atoms with Crippen molar-refractivity contribution in [3.8, 4) is 5.75 Å². The number of hydrogen-bond acceptors (Lipinski definition) is 10. The van der Waals surface area contributed by atoms with Crippen molar-refractivity contribution in [2.24, 2.45) is 34.5 Å². The molecule has 0 aromatic heterocycles. The molecule has 326 valence electrons. The number of carbonyl (C=O) groups excluding carboxylic acids is 6. The molecule has 6 amide bonds. The van der Waals surface area contributed by atoms with Crippen LogP contribution in [0.25, 0.3) is 10.8 Å². The van der Waals surface area contributed by atoms with Crippen LogP contribution in [0.1, 0.15) is 85.9 Å². The Morgan fingerprint density at radius 1 is 0.790 bits per heavy atom. The van der Waals surface area contributed by atoms with E-state index < -0.39 is 29.7 Å². The number of nitrogens with zero attached hydrogens (tertiary/aromatic N) is 1.